The highest BCUT2D eigenvalue weighted by Crippen LogP contribution is 1.85. The van der Waals surface area contributed by atoms with Crippen molar-refractivity contribution in [3.8, 4) is 0 Å². The standard InChI is InChI=1S/C5H10N2O3S/c1-4(11(3)9)7-10-5(8)6-2/h1-3H3,(H,6,8). The van der Waals surface area contributed by atoms with Crippen LogP contribution in [0.2, 0.25) is 0 Å². The number of hydrogen-bond acceptors (Lipinski definition) is 4. The smallest absolute Gasteiger partial charge is 0.323 e. The van der Waals surface area contributed by atoms with Crippen LogP contribution in [0.1, 0.15) is 6.92 Å². The van der Waals surface area contributed by atoms with Gasteiger partial charge < -0.3 is 5.32 Å². The second-order valence-corrected chi connectivity index (χ2v) is 3.19. The van der Waals surface area contributed by atoms with Crippen LogP contribution in [0.25, 0.3) is 0 Å². The minimum Gasteiger partial charge on any atom is -0.323 e. The lowest BCUT2D eigenvalue weighted by Gasteiger charge is -1.95. The number of oxime groups is 1. The fourth-order valence-electron chi connectivity index (χ4n) is 0.204. The Bertz CT molecular complexity index is 202. The summed E-state index contributed by atoms with van der Waals surface area (Å²) < 4.78 is 10.6. The second kappa shape index (κ2) is 4.84. The number of carbonyl (C=O) groups excluding carboxylic acids is 1. The lowest BCUT2D eigenvalue weighted by atomic mass is 10.9. The van der Waals surface area contributed by atoms with E-state index in [9.17, 15) is 9.00 Å². The number of rotatable bonds is 1. The average molecular weight is 178 g/mol. The van der Waals surface area contributed by atoms with Crippen molar-refractivity contribution in [3.63, 3.8) is 0 Å². The maximum absolute atomic E-state index is 10.6. The number of nitrogens with one attached hydrogen (secondary N) is 1. The number of carbonyl (C=O) groups is 1. The van der Waals surface area contributed by atoms with Gasteiger partial charge in [0.15, 0.2) is 0 Å². The van der Waals surface area contributed by atoms with Crippen molar-refractivity contribution in [2.75, 3.05) is 13.3 Å². The summed E-state index contributed by atoms with van der Waals surface area (Å²) in [6.45, 7) is 1.51. The van der Waals surface area contributed by atoms with E-state index in [1.165, 1.54) is 20.2 Å². The third-order valence-corrected chi connectivity index (χ3v) is 1.78. The molecule has 0 aliphatic rings. The molecule has 0 rings (SSSR count). The van der Waals surface area contributed by atoms with Gasteiger partial charge in [-0.3, -0.25) is 9.05 Å². The number of amides is 1. The summed E-state index contributed by atoms with van der Waals surface area (Å²) in [6.07, 6.45) is 0.779. The summed E-state index contributed by atoms with van der Waals surface area (Å²) in [5.41, 5.74) is 0. The fraction of sp³-hybridized carbons (Fsp3) is 0.600. The van der Waals surface area contributed by atoms with Crippen LogP contribution in [0.5, 0.6) is 0 Å². The third-order valence-electron chi connectivity index (χ3n) is 0.877. The number of nitrogens with zero attached hydrogens (tertiary/aromatic N) is 1. The molecule has 0 bridgehead atoms. The van der Waals surface area contributed by atoms with E-state index >= 15 is 0 Å². The molecule has 0 aromatic heterocycles. The molecule has 1 atom stereocenters. The SMILES string of the molecule is CNC(=O)ON=C(C)S(C)=O. The molecule has 0 aliphatic carbocycles. The highest BCUT2D eigenvalue weighted by molar-refractivity contribution is 7.99. The van der Waals surface area contributed by atoms with E-state index in [2.05, 4.69) is 15.3 Å². The third kappa shape index (κ3) is 4.49. The van der Waals surface area contributed by atoms with Crippen LogP contribution in [0.4, 0.5) is 4.79 Å². The Balaban J connectivity index is 3.92. The molecule has 1 N–H and O–H groups in total. The van der Waals surface area contributed by atoms with Gasteiger partial charge in [-0.1, -0.05) is 5.16 Å². The van der Waals surface area contributed by atoms with Crippen LogP contribution in [-0.2, 0) is 15.6 Å². The van der Waals surface area contributed by atoms with Crippen molar-refractivity contribution in [1.82, 2.24) is 5.32 Å². The monoisotopic (exact) mass is 178 g/mol. The van der Waals surface area contributed by atoms with Crippen LogP contribution < -0.4 is 5.32 Å². The highest BCUT2D eigenvalue weighted by Gasteiger charge is 1.99. The zero-order valence-electron chi connectivity index (χ0n) is 6.58. The van der Waals surface area contributed by atoms with Crippen LogP contribution in [0.15, 0.2) is 5.16 Å². The maximum Gasteiger partial charge on any atom is 0.433 e. The molecule has 0 spiro atoms. The normalized spacial score (nSPS) is 13.9. The van der Waals surface area contributed by atoms with Gasteiger partial charge in [-0.15, -0.1) is 0 Å². The van der Waals surface area contributed by atoms with Gasteiger partial charge in [0.05, 0.1) is 10.8 Å². The summed E-state index contributed by atoms with van der Waals surface area (Å²) in [5.74, 6) is 0. The molecule has 0 fully saturated rings. The molecule has 0 radical (unpaired) electrons. The van der Waals surface area contributed by atoms with E-state index in [1.54, 1.807) is 0 Å². The van der Waals surface area contributed by atoms with Crippen molar-refractivity contribution >= 4 is 21.9 Å². The van der Waals surface area contributed by atoms with E-state index in [1.807, 2.05) is 0 Å². The summed E-state index contributed by atoms with van der Waals surface area (Å²) in [6, 6.07) is 0. The molecule has 64 valence electrons. The molecule has 0 aliphatic heterocycles. The van der Waals surface area contributed by atoms with Gasteiger partial charge in [0.1, 0.15) is 5.04 Å². The van der Waals surface area contributed by atoms with Crippen LogP contribution in [0.3, 0.4) is 0 Å². The molecule has 0 aromatic rings. The van der Waals surface area contributed by atoms with Crippen molar-refractivity contribution < 1.29 is 13.8 Å². The summed E-state index contributed by atoms with van der Waals surface area (Å²) in [4.78, 5) is 14.7. The minimum absolute atomic E-state index is 0.272. The van der Waals surface area contributed by atoms with Crippen molar-refractivity contribution in [2.24, 2.45) is 5.16 Å². The molecule has 0 aromatic carbocycles. The lowest BCUT2D eigenvalue weighted by molar-refractivity contribution is 0.153. The van der Waals surface area contributed by atoms with Gasteiger partial charge in [0, 0.05) is 13.3 Å². The van der Waals surface area contributed by atoms with E-state index in [0.29, 0.717) is 0 Å². The Morgan fingerprint density at radius 1 is 1.64 bits per heavy atom. The Morgan fingerprint density at radius 3 is 2.55 bits per heavy atom. The van der Waals surface area contributed by atoms with Gasteiger partial charge in [0.2, 0.25) is 0 Å². The quantitative estimate of drug-likeness (QED) is 0.267. The fourth-order valence-corrected chi connectivity index (χ4v) is 0.346. The van der Waals surface area contributed by atoms with E-state index in [4.69, 9.17) is 0 Å². The van der Waals surface area contributed by atoms with Gasteiger partial charge >= 0.3 is 6.09 Å². The molecule has 6 heteroatoms. The largest absolute Gasteiger partial charge is 0.433 e. The zero-order chi connectivity index (χ0) is 8.85. The first-order chi connectivity index (χ1) is 5.07. The van der Waals surface area contributed by atoms with Crippen molar-refractivity contribution in [2.45, 2.75) is 6.92 Å². The van der Waals surface area contributed by atoms with Gasteiger partial charge in [0.25, 0.3) is 0 Å². The molecule has 11 heavy (non-hydrogen) atoms. The molecule has 5 nitrogen and oxygen atoms in total. The van der Waals surface area contributed by atoms with Crippen molar-refractivity contribution in [3.05, 3.63) is 0 Å². The second-order valence-electron chi connectivity index (χ2n) is 1.69. The van der Waals surface area contributed by atoms with E-state index in [-0.39, 0.29) is 5.04 Å². The summed E-state index contributed by atoms with van der Waals surface area (Å²) in [7, 11) is 0.229. The lowest BCUT2D eigenvalue weighted by Crippen LogP contribution is -2.17. The first-order valence-corrected chi connectivity index (χ1v) is 4.40. The first-order valence-electron chi connectivity index (χ1n) is 2.84. The van der Waals surface area contributed by atoms with E-state index < -0.39 is 16.9 Å². The average Bonchev–Trinajstić information content (AvgIpc) is 1.99. The Morgan fingerprint density at radius 2 is 2.18 bits per heavy atom. The highest BCUT2D eigenvalue weighted by atomic mass is 32.2. The summed E-state index contributed by atoms with van der Waals surface area (Å²) >= 11 is 0. The molecule has 0 heterocycles. The molecular weight excluding hydrogens is 168 g/mol. The van der Waals surface area contributed by atoms with E-state index in [0.717, 1.165) is 0 Å². The predicted octanol–water partition coefficient (Wildman–Crippen LogP) is 0.0543. The van der Waals surface area contributed by atoms with Gasteiger partial charge in [-0.25, -0.2) is 4.79 Å². The number of hydrogen-bond donors (Lipinski definition) is 1. The predicted molar refractivity (Wildman–Crippen MR) is 42.7 cm³/mol. The minimum atomic E-state index is -1.18. The summed E-state index contributed by atoms with van der Waals surface area (Å²) in [5, 5.41) is 5.76. The molecule has 0 saturated carbocycles. The van der Waals surface area contributed by atoms with Crippen LogP contribution in [0, 0.1) is 0 Å². The zero-order valence-corrected chi connectivity index (χ0v) is 7.40. The first kappa shape index (κ1) is 10.1. The van der Waals surface area contributed by atoms with Gasteiger partial charge in [-0.2, -0.15) is 0 Å². The van der Waals surface area contributed by atoms with Crippen molar-refractivity contribution in [1.29, 1.82) is 0 Å². The Kier molecular flexibility index (Phi) is 4.44. The molecule has 0 saturated heterocycles. The Hall–Kier alpha value is -0.910. The topological polar surface area (TPSA) is 67.8 Å². The molecule has 1 amide bonds. The Labute approximate surface area is 67.2 Å². The molecular formula is C5H10N2O3S. The maximum atomic E-state index is 10.6. The van der Waals surface area contributed by atoms with Gasteiger partial charge in [-0.05, 0) is 6.92 Å². The van der Waals surface area contributed by atoms with Crippen LogP contribution >= 0.6 is 0 Å². The van der Waals surface area contributed by atoms with Crippen LogP contribution in [-0.4, -0.2) is 28.6 Å². The molecule has 1 unspecified atom stereocenters.